The van der Waals surface area contributed by atoms with Gasteiger partial charge < -0.3 is 10.1 Å². The summed E-state index contributed by atoms with van der Waals surface area (Å²) >= 11 is 1.43. The molecular formula is C28H19F3N4O2S. The largest absolute Gasteiger partial charge is 0.416 e. The van der Waals surface area contributed by atoms with Gasteiger partial charge in [-0.25, -0.2) is 4.68 Å². The minimum atomic E-state index is -4.59. The Balaban J connectivity index is 1.68. The van der Waals surface area contributed by atoms with Crippen LogP contribution in [-0.4, -0.2) is 22.0 Å². The van der Waals surface area contributed by atoms with Crippen LogP contribution in [0, 0.1) is 11.3 Å². The van der Waals surface area contributed by atoms with Gasteiger partial charge in [0.1, 0.15) is 5.69 Å². The lowest BCUT2D eigenvalue weighted by molar-refractivity contribution is -0.137. The fourth-order valence-corrected chi connectivity index (χ4v) is 5.45. The van der Waals surface area contributed by atoms with Crippen molar-refractivity contribution in [3.63, 3.8) is 0 Å². The number of fused-ring (bicyclic) bond motifs is 3. The number of rotatable bonds is 6. The molecule has 1 aliphatic rings. The third kappa shape index (κ3) is 4.35. The number of halogens is 3. The van der Waals surface area contributed by atoms with E-state index in [-0.39, 0.29) is 30.0 Å². The molecule has 0 bridgehead atoms. The van der Waals surface area contributed by atoms with Crippen LogP contribution >= 0.6 is 11.8 Å². The van der Waals surface area contributed by atoms with Crippen LogP contribution in [-0.2, 0) is 33.5 Å². The fraction of sp³-hybridized carbons (Fsp3) is 0.143. The van der Waals surface area contributed by atoms with E-state index in [2.05, 4.69) is 10.4 Å². The number of hydrogen-bond donors (Lipinski definition) is 1. The number of nitrogens with one attached hydrogen (secondary N) is 1. The van der Waals surface area contributed by atoms with E-state index in [0.29, 0.717) is 16.8 Å². The topological polar surface area (TPSA) is 87.8 Å². The highest BCUT2D eigenvalue weighted by atomic mass is 32.2. The van der Waals surface area contributed by atoms with Crippen molar-refractivity contribution in [3.8, 4) is 23.0 Å². The van der Waals surface area contributed by atoms with Gasteiger partial charge in [-0.05, 0) is 29.8 Å². The van der Waals surface area contributed by atoms with E-state index < -0.39 is 23.1 Å². The van der Waals surface area contributed by atoms with Gasteiger partial charge in [-0.3, -0.25) is 4.79 Å². The van der Waals surface area contributed by atoms with Gasteiger partial charge in [-0.15, -0.1) is 11.8 Å². The predicted octanol–water partition coefficient (Wildman–Crippen LogP) is 5.44. The van der Waals surface area contributed by atoms with Crippen molar-refractivity contribution in [2.75, 3.05) is 0 Å². The molecule has 1 aliphatic heterocycles. The number of nitriles is 1. The summed E-state index contributed by atoms with van der Waals surface area (Å²) in [4.78, 5) is 26.7. The highest BCUT2D eigenvalue weighted by Crippen LogP contribution is 2.46. The Labute approximate surface area is 220 Å². The van der Waals surface area contributed by atoms with E-state index >= 15 is 0 Å². The molecule has 6 nitrogen and oxygen atoms in total. The average Bonchev–Trinajstić information content (AvgIpc) is 3.34. The molecule has 1 unspecified atom stereocenters. The van der Waals surface area contributed by atoms with E-state index in [4.69, 9.17) is 0 Å². The first-order valence-corrected chi connectivity index (χ1v) is 12.5. The average molecular weight is 533 g/mol. The normalized spacial score (nSPS) is 13.9. The molecule has 1 amide bonds. The van der Waals surface area contributed by atoms with Gasteiger partial charge in [-0.1, -0.05) is 54.6 Å². The number of aldehydes is 1. The highest BCUT2D eigenvalue weighted by Gasteiger charge is 2.47. The predicted molar refractivity (Wildman–Crippen MR) is 135 cm³/mol. The molecule has 2 heterocycles. The number of hydrogen-bond acceptors (Lipinski definition) is 5. The smallest absolute Gasteiger partial charge is 0.350 e. The first-order chi connectivity index (χ1) is 18.3. The Kier molecular flexibility index (Phi) is 6.55. The van der Waals surface area contributed by atoms with Crippen molar-refractivity contribution in [1.29, 1.82) is 5.26 Å². The number of nitrogens with zero attached hydrogens (tertiary/aromatic N) is 3. The van der Waals surface area contributed by atoms with Gasteiger partial charge in [0, 0.05) is 28.3 Å². The monoisotopic (exact) mass is 532 g/mol. The van der Waals surface area contributed by atoms with Crippen molar-refractivity contribution < 1.29 is 22.8 Å². The van der Waals surface area contributed by atoms with E-state index in [9.17, 15) is 28.0 Å². The molecule has 0 fully saturated rings. The number of thioether (sulfide) groups is 1. The summed E-state index contributed by atoms with van der Waals surface area (Å²) in [7, 11) is 0. The maximum absolute atomic E-state index is 13.5. The number of alkyl halides is 3. The lowest BCUT2D eigenvalue weighted by Gasteiger charge is -2.21. The molecule has 1 N–H and O–H groups in total. The molecule has 0 spiro atoms. The fourth-order valence-electron chi connectivity index (χ4n) is 4.38. The van der Waals surface area contributed by atoms with E-state index in [0.717, 1.165) is 22.6 Å². The highest BCUT2D eigenvalue weighted by molar-refractivity contribution is 7.98. The molecule has 10 heteroatoms. The Morgan fingerprint density at radius 2 is 1.82 bits per heavy atom. The molecule has 4 aromatic rings. The molecule has 3 aromatic carbocycles. The van der Waals surface area contributed by atoms with Crippen LogP contribution in [0.5, 0.6) is 0 Å². The van der Waals surface area contributed by atoms with Crippen LogP contribution in [0.25, 0.3) is 16.9 Å². The van der Waals surface area contributed by atoms with Crippen LogP contribution in [0.4, 0.5) is 13.2 Å². The summed E-state index contributed by atoms with van der Waals surface area (Å²) in [6.45, 7) is 0.0745. The second-order valence-corrected chi connectivity index (χ2v) is 9.64. The second kappa shape index (κ2) is 9.84. The molecule has 0 aliphatic carbocycles. The molecule has 38 heavy (non-hydrogen) atoms. The van der Waals surface area contributed by atoms with Gasteiger partial charge in [0.15, 0.2) is 6.29 Å². The first-order valence-electron chi connectivity index (χ1n) is 11.5. The number of carbonyl (C=O) groups excluding carboxylic acids is 2. The summed E-state index contributed by atoms with van der Waals surface area (Å²) in [5, 5.41) is 17.3. The first kappa shape index (κ1) is 25.3. The van der Waals surface area contributed by atoms with Crippen LogP contribution in [0.15, 0.2) is 83.8 Å². The van der Waals surface area contributed by atoms with Gasteiger partial charge >= 0.3 is 6.18 Å². The van der Waals surface area contributed by atoms with Crippen molar-refractivity contribution in [3.05, 3.63) is 101 Å². The number of benzene rings is 3. The maximum Gasteiger partial charge on any atom is 0.416 e. The minimum Gasteiger partial charge on any atom is -0.350 e. The number of amides is 1. The van der Waals surface area contributed by atoms with Crippen LogP contribution in [0.3, 0.4) is 0 Å². The molecule has 190 valence electrons. The quantitative estimate of drug-likeness (QED) is 0.264. The van der Waals surface area contributed by atoms with Crippen LogP contribution < -0.4 is 5.32 Å². The maximum atomic E-state index is 13.5. The standard InChI is InChI=1S/C28H19F3N4O2S/c29-28(30,31)19-9-6-10-20(13-19)35-24-21-11-4-5-12-23(21)38-15-22(24)25(34-35)27(16-32,17-36)26(37)33-14-18-7-2-1-3-8-18/h1-13,17H,14-15H2,(H,33,37). The summed E-state index contributed by atoms with van der Waals surface area (Å²) in [6.07, 6.45) is -4.34. The zero-order valence-electron chi connectivity index (χ0n) is 19.7. The summed E-state index contributed by atoms with van der Waals surface area (Å²) < 4.78 is 41.9. The number of aromatic nitrogens is 2. The second-order valence-electron chi connectivity index (χ2n) is 8.63. The summed E-state index contributed by atoms with van der Waals surface area (Å²) in [5.41, 5.74) is -0.876. The van der Waals surface area contributed by atoms with E-state index in [1.807, 2.05) is 24.3 Å². The van der Waals surface area contributed by atoms with Crippen molar-refractivity contribution in [1.82, 2.24) is 15.1 Å². The Bertz CT molecular complexity index is 1580. The third-order valence-corrected chi connectivity index (χ3v) is 7.40. The van der Waals surface area contributed by atoms with Gasteiger partial charge in [0.05, 0.1) is 23.0 Å². The van der Waals surface area contributed by atoms with Gasteiger partial charge in [-0.2, -0.15) is 23.5 Å². The lowest BCUT2D eigenvalue weighted by Crippen LogP contribution is -2.45. The summed E-state index contributed by atoms with van der Waals surface area (Å²) in [6, 6.07) is 22.7. The van der Waals surface area contributed by atoms with Crippen molar-refractivity contribution in [2.24, 2.45) is 0 Å². The zero-order valence-corrected chi connectivity index (χ0v) is 20.5. The third-order valence-electron chi connectivity index (χ3n) is 6.30. The SMILES string of the molecule is N#CC(C=O)(C(=O)NCc1ccccc1)c1nn(-c2cccc(C(F)(F)F)c2)c2c1CSc1ccccc1-2. The molecule has 5 rings (SSSR count). The van der Waals surface area contributed by atoms with Crippen molar-refractivity contribution >= 4 is 24.0 Å². The van der Waals surface area contributed by atoms with Gasteiger partial charge in [0.25, 0.3) is 5.91 Å². The minimum absolute atomic E-state index is 0.0745. The molecular weight excluding hydrogens is 513 g/mol. The van der Waals surface area contributed by atoms with Gasteiger partial charge in [0.2, 0.25) is 5.41 Å². The molecule has 1 atom stereocenters. The van der Waals surface area contributed by atoms with E-state index in [1.165, 1.54) is 28.6 Å². The Hall–Kier alpha value is -4.36. The lowest BCUT2D eigenvalue weighted by atomic mass is 9.83. The molecule has 0 saturated carbocycles. The number of carbonyl (C=O) groups is 2. The Morgan fingerprint density at radius 1 is 1.08 bits per heavy atom. The molecule has 0 saturated heterocycles. The molecule has 1 aromatic heterocycles. The van der Waals surface area contributed by atoms with E-state index in [1.54, 1.807) is 36.4 Å². The zero-order chi connectivity index (χ0) is 26.9. The summed E-state index contributed by atoms with van der Waals surface area (Å²) in [5.74, 6) is -0.594. The van der Waals surface area contributed by atoms with Crippen LogP contribution in [0.1, 0.15) is 22.4 Å². The Morgan fingerprint density at radius 3 is 2.53 bits per heavy atom. The van der Waals surface area contributed by atoms with Crippen LogP contribution in [0.2, 0.25) is 0 Å². The molecule has 0 radical (unpaired) electrons. The van der Waals surface area contributed by atoms with Crippen molar-refractivity contribution in [2.45, 2.75) is 28.8 Å².